The van der Waals surface area contributed by atoms with Gasteiger partial charge in [0.15, 0.2) is 0 Å². The summed E-state index contributed by atoms with van der Waals surface area (Å²) in [5, 5.41) is 0.182. The van der Waals surface area contributed by atoms with Crippen LogP contribution in [0.4, 0.5) is 5.95 Å². The monoisotopic (exact) mass is 271 g/mol. The zero-order valence-corrected chi connectivity index (χ0v) is 11.5. The van der Waals surface area contributed by atoms with Crippen LogP contribution in [-0.4, -0.2) is 59.7 Å². The minimum atomic E-state index is 0.182. The van der Waals surface area contributed by atoms with E-state index in [0.717, 1.165) is 32.6 Å². The maximum absolute atomic E-state index is 5.90. The molecular weight excluding hydrogens is 254 g/mol. The maximum atomic E-state index is 5.90. The van der Waals surface area contributed by atoms with Crippen LogP contribution in [0.25, 0.3) is 0 Å². The van der Waals surface area contributed by atoms with Gasteiger partial charge in [-0.3, -0.25) is 0 Å². The lowest BCUT2D eigenvalue weighted by atomic mass is 10.4. The number of rotatable bonds is 3. The van der Waals surface area contributed by atoms with Crippen LogP contribution in [-0.2, 0) is 0 Å². The number of halogens is 1. The summed E-state index contributed by atoms with van der Waals surface area (Å²) in [4.78, 5) is 16.8. The summed E-state index contributed by atoms with van der Waals surface area (Å²) < 4.78 is 5.29. The molecule has 0 aliphatic carbocycles. The summed E-state index contributed by atoms with van der Waals surface area (Å²) in [6, 6.07) is 0.296. The molecule has 0 spiro atoms. The van der Waals surface area contributed by atoms with Gasteiger partial charge in [0.25, 0.3) is 0 Å². The zero-order chi connectivity index (χ0) is 13.0. The van der Waals surface area contributed by atoms with Crippen molar-refractivity contribution < 1.29 is 4.74 Å². The van der Waals surface area contributed by atoms with Gasteiger partial charge >= 0.3 is 6.01 Å². The van der Waals surface area contributed by atoms with Gasteiger partial charge in [-0.1, -0.05) is 0 Å². The Morgan fingerprint density at radius 1 is 1.17 bits per heavy atom. The largest absolute Gasteiger partial charge is 0.464 e. The van der Waals surface area contributed by atoms with Crippen molar-refractivity contribution in [3.05, 3.63) is 5.28 Å². The quantitative estimate of drug-likeness (QED) is 0.820. The molecule has 0 atom stereocenters. The smallest absolute Gasteiger partial charge is 0.322 e. The van der Waals surface area contributed by atoms with Crippen LogP contribution in [0.5, 0.6) is 6.01 Å². The topological polar surface area (TPSA) is 54.4 Å². The highest BCUT2D eigenvalue weighted by Gasteiger charge is 2.16. The van der Waals surface area contributed by atoms with E-state index < -0.39 is 0 Å². The van der Waals surface area contributed by atoms with E-state index in [0.29, 0.717) is 18.6 Å². The zero-order valence-electron chi connectivity index (χ0n) is 10.8. The molecule has 1 aromatic rings. The predicted molar refractivity (Wildman–Crippen MR) is 70.3 cm³/mol. The van der Waals surface area contributed by atoms with E-state index in [2.05, 4.69) is 31.8 Å². The molecule has 100 valence electrons. The van der Waals surface area contributed by atoms with E-state index in [9.17, 15) is 0 Å². The highest BCUT2D eigenvalue weighted by atomic mass is 35.5. The molecule has 1 aromatic heterocycles. The molecule has 7 heteroatoms. The molecule has 0 bridgehead atoms. The number of hydrogen-bond acceptors (Lipinski definition) is 6. The molecule has 0 aromatic carbocycles. The van der Waals surface area contributed by atoms with Gasteiger partial charge in [0.2, 0.25) is 11.2 Å². The van der Waals surface area contributed by atoms with Crippen LogP contribution in [0, 0.1) is 0 Å². The number of hydrogen-bond donors (Lipinski definition) is 0. The molecule has 18 heavy (non-hydrogen) atoms. The summed E-state index contributed by atoms with van der Waals surface area (Å²) in [6.45, 7) is 6.31. The Bertz CT molecular complexity index is 403. The average molecular weight is 272 g/mol. The Labute approximate surface area is 112 Å². The Kier molecular flexibility index (Phi) is 4.54. The highest BCUT2D eigenvalue weighted by molar-refractivity contribution is 6.28. The molecule has 1 aliphatic rings. The fourth-order valence-electron chi connectivity index (χ4n) is 1.90. The summed E-state index contributed by atoms with van der Waals surface area (Å²) in [5.41, 5.74) is 0. The highest BCUT2D eigenvalue weighted by Crippen LogP contribution is 2.16. The maximum Gasteiger partial charge on any atom is 0.322 e. The Hall–Kier alpha value is -1.14. The van der Waals surface area contributed by atoms with E-state index in [1.54, 1.807) is 0 Å². The van der Waals surface area contributed by atoms with Crippen molar-refractivity contribution in [2.24, 2.45) is 0 Å². The van der Waals surface area contributed by atoms with E-state index in [1.165, 1.54) is 0 Å². The number of aromatic nitrogens is 3. The second-order valence-electron chi connectivity index (χ2n) is 4.26. The van der Waals surface area contributed by atoms with Gasteiger partial charge in [0, 0.05) is 19.6 Å². The van der Waals surface area contributed by atoms with Crippen molar-refractivity contribution in [3.8, 4) is 6.01 Å². The van der Waals surface area contributed by atoms with Crippen LogP contribution in [0.15, 0.2) is 0 Å². The second kappa shape index (κ2) is 6.15. The van der Waals surface area contributed by atoms with Gasteiger partial charge in [-0.25, -0.2) is 0 Å². The van der Waals surface area contributed by atoms with E-state index in [-0.39, 0.29) is 5.28 Å². The molecule has 1 fully saturated rings. The number of ether oxygens (including phenoxy) is 1. The van der Waals surface area contributed by atoms with Gasteiger partial charge in [-0.05, 0) is 38.5 Å². The third kappa shape index (κ3) is 3.43. The minimum absolute atomic E-state index is 0.182. The lowest BCUT2D eigenvalue weighted by molar-refractivity contribution is 0.311. The SMILES string of the molecule is CCOc1nc(Cl)nc(N2CCCN(C)CC2)n1. The second-order valence-corrected chi connectivity index (χ2v) is 4.60. The average Bonchev–Trinajstić information content (AvgIpc) is 2.54. The lowest BCUT2D eigenvalue weighted by Gasteiger charge is -2.20. The molecule has 1 aliphatic heterocycles. The van der Waals surface area contributed by atoms with Crippen LogP contribution in [0.2, 0.25) is 5.28 Å². The van der Waals surface area contributed by atoms with Crippen LogP contribution in [0.1, 0.15) is 13.3 Å². The first-order valence-corrected chi connectivity index (χ1v) is 6.54. The molecule has 0 radical (unpaired) electrons. The Morgan fingerprint density at radius 2 is 2.00 bits per heavy atom. The summed E-state index contributed by atoms with van der Waals surface area (Å²) >= 11 is 5.90. The van der Waals surface area contributed by atoms with Crippen molar-refractivity contribution in [3.63, 3.8) is 0 Å². The van der Waals surface area contributed by atoms with Gasteiger partial charge in [-0.15, -0.1) is 0 Å². The van der Waals surface area contributed by atoms with E-state index >= 15 is 0 Å². The van der Waals surface area contributed by atoms with Crippen molar-refractivity contribution >= 4 is 17.5 Å². The summed E-state index contributed by atoms with van der Waals surface area (Å²) in [7, 11) is 2.12. The van der Waals surface area contributed by atoms with Crippen molar-refractivity contribution in [2.45, 2.75) is 13.3 Å². The number of nitrogens with zero attached hydrogens (tertiary/aromatic N) is 5. The summed E-state index contributed by atoms with van der Waals surface area (Å²) in [6.07, 6.45) is 1.09. The van der Waals surface area contributed by atoms with Crippen molar-refractivity contribution in [1.29, 1.82) is 0 Å². The Balaban J connectivity index is 2.15. The summed E-state index contributed by atoms with van der Waals surface area (Å²) in [5.74, 6) is 0.605. The molecular formula is C11H18ClN5O. The minimum Gasteiger partial charge on any atom is -0.464 e. The van der Waals surface area contributed by atoms with Gasteiger partial charge in [0.1, 0.15) is 0 Å². The van der Waals surface area contributed by atoms with Gasteiger partial charge < -0.3 is 14.5 Å². The van der Waals surface area contributed by atoms with Crippen LogP contribution < -0.4 is 9.64 Å². The fourth-order valence-corrected chi connectivity index (χ4v) is 2.05. The first-order valence-electron chi connectivity index (χ1n) is 6.17. The first-order chi connectivity index (χ1) is 8.69. The van der Waals surface area contributed by atoms with Gasteiger partial charge in [0.05, 0.1) is 6.61 Å². The predicted octanol–water partition coefficient (Wildman–Crippen LogP) is 1.07. The normalized spacial score (nSPS) is 17.6. The van der Waals surface area contributed by atoms with E-state index in [1.807, 2.05) is 6.92 Å². The van der Waals surface area contributed by atoms with Crippen LogP contribution in [0.3, 0.4) is 0 Å². The van der Waals surface area contributed by atoms with Gasteiger partial charge in [-0.2, -0.15) is 15.0 Å². The molecule has 0 N–H and O–H groups in total. The molecule has 2 heterocycles. The van der Waals surface area contributed by atoms with Crippen molar-refractivity contribution in [1.82, 2.24) is 19.9 Å². The van der Waals surface area contributed by atoms with E-state index in [4.69, 9.17) is 16.3 Å². The third-order valence-corrected chi connectivity index (χ3v) is 3.02. The third-order valence-electron chi connectivity index (χ3n) is 2.85. The fraction of sp³-hybridized carbons (Fsp3) is 0.727. The number of anilines is 1. The molecule has 0 unspecified atom stereocenters. The molecule has 6 nitrogen and oxygen atoms in total. The molecule has 0 saturated carbocycles. The van der Waals surface area contributed by atoms with Crippen LogP contribution >= 0.6 is 11.6 Å². The molecule has 0 amide bonds. The first kappa shape index (κ1) is 13.3. The Morgan fingerprint density at radius 3 is 2.78 bits per heavy atom. The van der Waals surface area contributed by atoms with Crippen molar-refractivity contribution in [2.75, 3.05) is 44.7 Å². The molecule has 2 rings (SSSR count). The lowest BCUT2D eigenvalue weighted by Crippen LogP contribution is -2.30. The number of likely N-dealkylation sites (N-methyl/N-ethyl adjacent to an activating group) is 1. The standard InChI is InChI=1S/C11H18ClN5O/c1-3-18-11-14-9(12)13-10(15-11)17-6-4-5-16(2)7-8-17/h3-8H2,1-2H3. The molecule has 1 saturated heterocycles.